The number of hydroxylamine groups is 2. The summed E-state index contributed by atoms with van der Waals surface area (Å²) in [6.07, 6.45) is 2.56. The Hall–Kier alpha value is -0.380. The van der Waals surface area contributed by atoms with Gasteiger partial charge in [0, 0.05) is 18.1 Å². The van der Waals surface area contributed by atoms with Crippen molar-refractivity contribution in [2.24, 2.45) is 0 Å². The molecule has 1 atom stereocenters. The zero-order valence-corrected chi connectivity index (χ0v) is 9.83. The number of rotatable bonds is 1. The van der Waals surface area contributed by atoms with Gasteiger partial charge in [0.25, 0.3) is 0 Å². The molecule has 0 amide bonds. The zero-order valence-electron chi connectivity index (χ0n) is 8.24. The predicted octanol–water partition coefficient (Wildman–Crippen LogP) is 3.15. The SMILES string of the molecule is CN1CCC[C@H](c2ccc(Br)cc2)O1. The van der Waals surface area contributed by atoms with Crippen LogP contribution in [0.2, 0.25) is 0 Å². The quantitative estimate of drug-likeness (QED) is 0.765. The second-order valence-electron chi connectivity index (χ2n) is 3.64. The largest absolute Gasteiger partial charge is 0.291 e. The molecule has 1 aliphatic rings. The number of hydrogen-bond acceptors (Lipinski definition) is 2. The van der Waals surface area contributed by atoms with Gasteiger partial charge >= 0.3 is 0 Å². The van der Waals surface area contributed by atoms with E-state index in [-0.39, 0.29) is 6.10 Å². The Morgan fingerprint density at radius 1 is 1.36 bits per heavy atom. The Labute approximate surface area is 92.9 Å². The molecule has 2 rings (SSSR count). The molecule has 1 aliphatic heterocycles. The van der Waals surface area contributed by atoms with Crippen molar-refractivity contribution in [1.82, 2.24) is 5.06 Å². The van der Waals surface area contributed by atoms with E-state index >= 15 is 0 Å². The third-order valence-corrected chi connectivity index (χ3v) is 3.02. The van der Waals surface area contributed by atoms with Crippen molar-refractivity contribution >= 4 is 15.9 Å². The van der Waals surface area contributed by atoms with Crippen LogP contribution in [-0.4, -0.2) is 18.7 Å². The summed E-state index contributed by atoms with van der Waals surface area (Å²) in [5.41, 5.74) is 1.26. The van der Waals surface area contributed by atoms with Gasteiger partial charge in [-0.25, -0.2) is 0 Å². The fraction of sp³-hybridized carbons (Fsp3) is 0.455. The molecular weight excluding hydrogens is 242 g/mol. The normalized spacial score (nSPS) is 23.7. The molecule has 0 saturated carbocycles. The van der Waals surface area contributed by atoms with Crippen LogP contribution in [0.3, 0.4) is 0 Å². The zero-order chi connectivity index (χ0) is 9.97. The summed E-state index contributed by atoms with van der Waals surface area (Å²) >= 11 is 3.43. The van der Waals surface area contributed by atoms with Crippen molar-refractivity contribution in [1.29, 1.82) is 0 Å². The average Bonchev–Trinajstić information content (AvgIpc) is 2.19. The van der Waals surface area contributed by atoms with Gasteiger partial charge in [0.05, 0.1) is 0 Å². The smallest absolute Gasteiger partial charge is 0.104 e. The fourth-order valence-electron chi connectivity index (χ4n) is 1.73. The summed E-state index contributed by atoms with van der Waals surface area (Å²) in [4.78, 5) is 5.73. The first kappa shape index (κ1) is 10.1. The van der Waals surface area contributed by atoms with Crippen LogP contribution in [0.5, 0.6) is 0 Å². The number of nitrogens with zero attached hydrogens (tertiary/aromatic N) is 1. The Bertz CT molecular complexity index is 299. The molecule has 76 valence electrons. The molecule has 2 nitrogen and oxygen atoms in total. The van der Waals surface area contributed by atoms with Gasteiger partial charge in [-0.15, -0.1) is 0 Å². The first-order valence-electron chi connectivity index (χ1n) is 4.89. The van der Waals surface area contributed by atoms with Crippen LogP contribution < -0.4 is 0 Å². The van der Waals surface area contributed by atoms with Crippen molar-refractivity contribution in [2.75, 3.05) is 13.6 Å². The Morgan fingerprint density at radius 3 is 2.71 bits per heavy atom. The lowest BCUT2D eigenvalue weighted by molar-refractivity contribution is -0.208. The van der Waals surface area contributed by atoms with Crippen LogP contribution in [-0.2, 0) is 4.84 Å². The van der Waals surface area contributed by atoms with E-state index in [1.165, 1.54) is 12.0 Å². The number of hydrogen-bond donors (Lipinski definition) is 0. The number of halogens is 1. The molecule has 0 spiro atoms. The third-order valence-electron chi connectivity index (χ3n) is 2.49. The molecule has 1 fully saturated rings. The summed E-state index contributed by atoms with van der Waals surface area (Å²) < 4.78 is 1.12. The van der Waals surface area contributed by atoms with Crippen molar-refractivity contribution in [3.05, 3.63) is 34.3 Å². The molecule has 1 aromatic rings. The molecule has 0 radical (unpaired) electrons. The van der Waals surface area contributed by atoms with E-state index in [2.05, 4.69) is 40.2 Å². The van der Waals surface area contributed by atoms with Gasteiger partial charge in [-0.2, -0.15) is 5.06 Å². The lowest BCUT2D eigenvalue weighted by atomic mass is 10.0. The minimum Gasteiger partial charge on any atom is -0.291 e. The van der Waals surface area contributed by atoms with Crippen LogP contribution in [0.25, 0.3) is 0 Å². The highest BCUT2D eigenvalue weighted by Crippen LogP contribution is 2.28. The highest BCUT2D eigenvalue weighted by atomic mass is 79.9. The van der Waals surface area contributed by atoms with Crippen molar-refractivity contribution in [3.63, 3.8) is 0 Å². The standard InChI is InChI=1S/C11H14BrNO/c1-13-8-2-3-11(14-13)9-4-6-10(12)7-5-9/h4-7,11H,2-3,8H2,1H3/t11-/m1/s1. The molecule has 0 aromatic heterocycles. The Morgan fingerprint density at radius 2 is 2.07 bits per heavy atom. The lowest BCUT2D eigenvalue weighted by Crippen LogP contribution is -2.28. The molecule has 14 heavy (non-hydrogen) atoms. The van der Waals surface area contributed by atoms with Crippen LogP contribution in [0, 0.1) is 0 Å². The molecular formula is C11H14BrNO. The monoisotopic (exact) mass is 255 g/mol. The molecule has 1 saturated heterocycles. The van der Waals surface area contributed by atoms with Gasteiger partial charge < -0.3 is 0 Å². The summed E-state index contributed by atoms with van der Waals surface area (Å²) in [6, 6.07) is 8.36. The highest BCUT2D eigenvalue weighted by Gasteiger charge is 2.19. The number of benzene rings is 1. The van der Waals surface area contributed by atoms with E-state index in [0.717, 1.165) is 17.4 Å². The fourth-order valence-corrected chi connectivity index (χ4v) is 1.99. The summed E-state index contributed by atoms with van der Waals surface area (Å²) in [7, 11) is 1.99. The van der Waals surface area contributed by atoms with E-state index < -0.39 is 0 Å². The molecule has 3 heteroatoms. The van der Waals surface area contributed by atoms with Gasteiger partial charge in [0.1, 0.15) is 6.10 Å². The lowest BCUT2D eigenvalue weighted by Gasteiger charge is -2.29. The van der Waals surface area contributed by atoms with Gasteiger partial charge in [0.2, 0.25) is 0 Å². The second-order valence-corrected chi connectivity index (χ2v) is 4.56. The molecule has 0 bridgehead atoms. The molecule has 0 aliphatic carbocycles. The third kappa shape index (κ3) is 2.35. The van der Waals surface area contributed by atoms with E-state index in [9.17, 15) is 0 Å². The molecule has 1 aromatic carbocycles. The van der Waals surface area contributed by atoms with Crippen LogP contribution in [0.1, 0.15) is 24.5 Å². The van der Waals surface area contributed by atoms with Gasteiger partial charge in [-0.3, -0.25) is 4.84 Å². The van der Waals surface area contributed by atoms with Gasteiger partial charge in [0.15, 0.2) is 0 Å². The van der Waals surface area contributed by atoms with E-state index in [1.54, 1.807) is 0 Å². The summed E-state index contributed by atoms with van der Waals surface area (Å²) in [5, 5.41) is 1.93. The van der Waals surface area contributed by atoms with Gasteiger partial charge in [-0.05, 0) is 30.5 Å². The highest BCUT2D eigenvalue weighted by molar-refractivity contribution is 9.10. The van der Waals surface area contributed by atoms with E-state index in [0.29, 0.717) is 0 Å². The topological polar surface area (TPSA) is 12.5 Å². The van der Waals surface area contributed by atoms with Crippen LogP contribution >= 0.6 is 15.9 Å². The van der Waals surface area contributed by atoms with Crippen LogP contribution in [0.4, 0.5) is 0 Å². The predicted molar refractivity (Wildman–Crippen MR) is 59.8 cm³/mol. The minimum atomic E-state index is 0.238. The maximum atomic E-state index is 5.73. The molecule has 0 N–H and O–H groups in total. The van der Waals surface area contributed by atoms with Crippen LogP contribution in [0.15, 0.2) is 28.7 Å². The van der Waals surface area contributed by atoms with Crippen molar-refractivity contribution in [2.45, 2.75) is 18.9 Å². The maximum Gasteiger partial charge on any atom is 0.104 e. The Balaban J connectivity index is 2.10. The average molecular weight is 256 g/mol. The molecule has 0 unspecified atom stereocenters. The second kappa shape index (κ2) is 4.43. The first-order valence-corrected chi connectivity index (χ1v) is 5.68. The maximum absolute atomic E-state index is 5.73. The van der Waals surface area contributed by atoms with Crippen molar-refractivity contribution in [3.8, 4) is 0 Å². The summed E-state index contributed by atoms with van der Waals surface area (Å²) in [5.74, 6) is 0. The van der Waals surface area contributed by atoms with Gasteiger partial charge in [-0.1, -0.05) is 28.1 Å². The first-order chi connectivity index (χ1) is 6.75. The van der Waals surface area contributed by atoms with E-state index in [4.69, 9.17) is 4.84 Å². The van der Waals surface area contributed by atoms with E-state index in [1.807, 2.05) is 12.1 Å². The minimum absolute atomic E-state index is 0.238. The molecule has 1 heterocycles. The Kier molecular flexibility index (Phi) is 3.21. The summed E-state index contributed by atoms with van der Waals surface area (Å²) in [6.45, 7) is 1.03. The van der Waals surface area contributed by atoms with Crippen molar-refractivity contribution < 1.29 is 4.84 Å².